The number of nitrogens with one attached hydrogen (secondary N) is 1. The SMILES string of the molecule is CC(C)CN(CC(C)C)C(=O)c1cccc2c1NCCC2. The molecule has 0 saturated heterocycles. The molecule has 0 atom stereocenters. The number of nitrogens with zero attached hydrogens (tertiary/aromatic N) is 1. The first kappa shape index (κ1) is 15.9. The molecular weight excluding hydrogens is 260 g/mol. The van der Waals surface area contributed by atoms with Gasteiger partial charge in [-0.25, -0.2) is 0 Å². The Bertz CT molecular complexity index is 484. The molecule has 1 aromatic rings. The van der Waals surface area contributed by atoms with E-state index < -0.39 is 0 Å². The van der Waals surface area contributed by atoms with Crippen molar-refractivity contribution in [3.8, 4) is 0 Å². The monoisotopic (exact) mass is 288 g/mol. The number of amides is 1. The minimum atomic E-state index is 0.170. The molecule has 0 bridgehead atoms. The van der Waals surface area contributed by atoms with Gasteiger partial charge in [0.1, 0.15) is 0 Å². The highest BCUT2D eigenvalue weighted by molar-refractivity contribution is 6.00. The summed E-state index contributed by atoms with van der Waals surface area (Å²) in [7, 11) is 0. The summed E-state index contributed by atoms with van der Waals surface area (Å²) in [5.74, 6) is 1.14. The second-order valence-electron chi connectivity index (χ2n) is 6.87. The van der Waals surface area contributed by atoms with Gasteiger partial charge in [-0.1, -0.05) is 39.8 Å². The Morgan fingerprint density at radius 1 is 1.19 bits per heavy atom. The Morgan fingerprint density at radius 3 is 2.48 bits per heavy atom. The Labute approximate surface area is 128 Å². The molecule has 116 valence electrons. The maximum absolute atomic E-state index is 13.0. The highest BCUT2D eigenvalue weighted by Crippen LogP contribution is 2.27. The number of rotatable bonds is 5. The zero-order valence-corrected chi connectivity index (χ0v) is 13.8. The van der Waals surface area contributed by atoms with Gasteiger partial charge in [0.15, 0.2) is 0 Å². The first-order valence-electron chi connectivity index (χ1n) is 8.14. The fraction of sp³-hybridized carbons (Fsp3) is 0.611. The highest BCUT2D eigenvalue weighted by atomic mass is 16.2. The molecule has 0 aliphatic carbocycles. The van der Waals surface area contributed by atoms with E-state index in [0.717, 1.165) is 43.7 Å². The number of hydrogen-bond acceptors (Lipinski definition) is 2. The van der Waals surface area contributed by atoms with Gasteiger partial charge in [-0.15, -0.1) is 0 Å². The summed E-state index contributed by atoms with van der Waals surface area (Å²) < 4.78 is 0. The summed E-state index contributed by atoms with van der Waals surface area (Å²) >= 11 is 0. The van der Waals surface area contributed by atoms with Crippen molar-refractivity contribution >= 4 is 11.6 Å². The molecule has 1 amide bonds. The van der Waals surface area contributed by atoms with Gasteiger partial charge in [0.25, 0.3) is 5.91 Å². The van der Waals surface area contributed by atoms with Gasteiger partial charge < -0.3 is 10.2 Å². The first-order chi connectivity index (χ1) is 9.99. The summed E-state index contributed by atoms with van der Waals surface area (Å²) in [6.45, 7) is 11.3. The van der Waals surface area contributed by atoms with E-state index in [1.54, 1.807) is 0 Å². The van der Waals surface area contributed by atoms with Crippen LogP contribution in [-0.2, 0) is 6.42 Å². The predicted octanol–water partition coefficient (Wildman–Crippen LogP) is 3.80. The molecule has 0 aromatic heterocycles. The van der Waals surface area contributed by atoms with Crippen LogP contribution < -0.4 is 5.32 Å². The van der Waals surface area contributed by atoms with Crippen molar-refractivity contribution in [2.45, 2.75) is 40.5 Å². The molecule has 1 aliphatic rings. The van der Waals surface area contributed by atoms with Gasteiger partial charge in [-0.05, 0) is 36.3 Å². The fourth-order valence-corrected chi connectivity index (χ4v) is 2.98. The molecule has 1 N–H and O–H groups in total. The number of anilines is 1. The van der Waals surface area contributed by atoms with Crippen molar-refractivity contribution in [2.75, 3.05) is 25.0 Å². The quantitative estimate of drug-likeness (QED) is 0.894. The fourth-order valence-electron chi connectivity index (χ4n) is 2.98. The lowest BCUT2D eigenvalue weighted by atomic mass is 9.98. The lowest BCUT2D eigenvalue weighted by Crippen LogP contribution is -2.37. The molecule has 0 unspecified atom stereocenters. The van der Waals surface area contributed by atoms with E-state index in [9.17, 15) is 4.79 Å². The van der Waals surface area contributed by atoms with Crippen molar-refractivity contribution in [3.05, 3.63) is 29.3 Å². The summed E-state index contributed by atoms with van der Waals surface area (Å²) in [5.41, 5.74) is 3.18. The standard InChI is InChI=1S/C18H28N2O/c1-13(2)11-20(12-14(3)4)18(21)16-9-5-7-15-8-6-10-19-17(15)16/h5,7,9,13-14,19H,6,8,10-12H2,1-4H3. The molecule has 3 nitrogen and oxygen atoms in total. The number of fused-ring (bicyclic) bond motifs is 1. The van der Waals surface area contributed by atoms with Crippen LogP contribution in [0.4, 0.5) is 5.69 Å². The van der Waals surface area contributed by atoms with E-state index in [1.165, 1.54) is 5.56 Å². The smallest absolute Gasteiger partial charge is 0.255 e. The van der Waals surface area contributed by atoms with E-state index in [0.29, 0.717) is 11.8 Å². The second kappa shape index (κ2) is 6.97. The van der Waals surface area contributed by atoms with E-state index >= 15 is 0 Å². The van der Waals surface area contributed by atoms with Gasteiger partial charge in [-0.3, -0.25) is 4.79 Å². The molecule has 1 heterocycles. The molecule has 1 aliphatic heterocycles. The first-order valence-corrected chi connectivity index (χ1v) is 8.14. The van der Waals surface area contributed by atoms with Crippen LogP contribution in [0.5, 0.6) is 0 Å². The molecule has 2 rings (SSSR count). The largest absolute Gasteiger partial charge is 0.384 e. The third kappa shape index (κ3) is 3.99. The summed E-state index contributed by atoms with van der Waals surface area (Å²) in [6, 6.07) is 6.11. The van der Waals surface area contributed by atoms with Crippen molar-refractivity contribution in [2.24, 2.45) is 11.8 Å². The molecule has 0 spiro atoms. The maximum Gasteiger partial charge on any atom is 0.255 e. The molecular formula is C18H28N2O. The molecule has 0 saturated carbocycles. The number of carbonyl (C=O) groups excluding carboxylic acids is 1. The number of carbonyl (C=O) groups is 1. The summed E-state index contributed by atoms with van der Waals surface area (Å²) in [4.78, 5) is 15.0. The molecule has 3 heteroatoms. The van der Waals surface area contributed by atoms with Crippen LogP contribution in [0.15, 0.2) is 18.2 Å². The Hall–Kier alpha value is -1.51. The zero-order chi connectivity index (χ0) is 15.4. The zero-order valence-electron chi connectivity index (χ0n) is 13.8. The van der Waals surface area contributed by atoms with Gasteiger partial charge in [0.2, 0.25) is 0 Å². The molecule has 1 aromatic carbocycles. The Balaban J connectivity index is 2.27. The normalized spacial score (nSPS) is 14.0. The van der Waals surface area contributed by atoms with Gasteiger partial charge >= 0.3 is 0 Å². The van der Waals surface area contributed by atoms with Crippen LogP contribution in [0.25, 0.3) is 0 Å². The van der Waals surface area contributed by atoms with Crippen LogP contribution in [0.3, 0.4) is 0 Å². The van der Waals surface area contributed by atoms with Crippen molar-refractivity contribution in [1.29, 1.82) is 0 Å². The van der Waals surface area contributed by atoms with Crippen molar-refractivity contribution in [3.63, 3.8) is 0 Å². The number of benzene rings is 1. The van der Waals surface area contributed by atoms with E-state index in [-0.39, 0.29) is 5.91 Å². The average molecular weight is 288 g/mol. The Kier molecular flexibility index (Phi) is 5.27. The van der Waals surface area contributed by atoms with Crippen LogP contribution >= 0.6 is 0 Å². The number of aryl methyl sites for hydroxylation is 1. The van der Waals surface area contributed by atoms with Crippen molar-refractivity contribution < 1.29 is 4.79 Å². The van der Waals surface area contributed by atoms with E-state index in [2.05, 4.69) is 39.1 Å². The summed E-state index contributed by atoms with van der Waals surface area (Å²) in [5, 5.41) is 3.43. The number of para-hydroxylation sites is 1. The third-order valence-corrected chi connectivity index (χ3v) is 3.76. The second-order valence-corrected chi connectivity index (χ2v) is 6.87. The lowest BCUT2D eigenvalue weighted by Gasteiger charge is -2.29. The Morgan fingerprint density at radius 2 is 1.86 bits per heavy atom. The van der Waals surface area contributed by atoms with Crippen LogP contribution in [0, 0.1) is 11.8 Å². The highest BCUT2D eigenvalue weighted by Gasteiger charge is 2.23. The molecule has 0 fully saturated rings. The third-order valence-electron chi connectivity index (χ3n) is 3.76. The van der Waals surface area contributed by atoms with Crippen LogP contribution in [0.1, 0.15) is 50.0 Å². The van der Waals surface area contributed by atoms with E-state index in [1.807, 2.05) is 17.0 Å². The predicted molar refractivity (Wildman–Crippen MR) is 88.8 cm³/mol. The van der Waals surface area contributed by atoms with E-state index in [4.69, 9.17) is 0 Å². The van der Waals surface area contributed by atoms with Gasteiger partial charge in [0, 0.05) is 19.6 Å². The lowest BCUT2D eigenvalue weighted by molar-refractivity contribution is 0.0716. The molecule has 21 heavy (non-hydrogen) atoms. The van der Waals surface area contributed by atoms with Gasteiger partial charge in [0.05, 0.1) is 11.3 Å². The van der Waals surface area contributed by atoms with Gasteiger partial charge in [-0.2, -0.15) is 0 Å². The minimum absolute atomic E-state index is 0.170. The maximum atomic E-state index is 13.0. The minimum Gasteiger partial charge on any atom is -0.384 e. The summed E-state index contributed by atoms with van der Waals surface area (Å²) in [6.07, 6.45) is 2.21. The average Bonchev–Trinajstić information content (AvgIpc) is 2.44. The van der Waals surface area contributed by atoms with Crippen LogP contribution in [0.2, 0.25) is 0 Å². The van der Waals surface area contributed by atoms with Crippen molar-refractivity contribution in [1.82, 2.24) is 4.90 Å². The topological polar surface area (TPSA) is 32.3 Å². The molecule has 0 radical (unpaired) electrons. The number of hydrogen-bond donors (Lipinski definition) is 1. The van der Waals surface area contributed by atoms with Crippen LogP contribution in [-0.4, -0.2) is 30.4 Å².